The van der Waals surface area contributed by atoms with E-state index in [1.165, 1.54) is 0 Å². The quantitative estimate of drug-likeness (QED) is 0.574. The lowest BCUT2D eigenvalue weighted by molar-refractivity contribution is -0.138. The maximum atomic E-state index is 12.2. The monoisotopic (exact) mass is 233 g/mol. The SMILES string of the molecule is O=CC(C(=O)N1CCOCC1)c1ccccc1. The lowest BCUT2D eigenvalue weighted by atomic mass is 9.99. The van der Waals surface area contributed by atoms with Gasteiger partial charge in [0, 0.05) is 13.1 Å². The molecule has 0 saturated carbocycles. The highest BCUT2D eigenvalue weighted by Crippen LogP contribution is 2.16. The number of ether oxygens (including phenoxy) is 1. The first-order valence-corrected chi connectivity index (χ1v) is 5.69. The molecule has 0 bridgehead atoms. The number of hydrogen-bond donors (Lipinski definition) is 0. The van der Waals surface area contributed by atoms with Crippen molar-refractivity contribution in [3.05, 3.63) is 35.9 Å². The van der Waals surface area contributed by atoms with E-state index in [9.17, 15) is 9.59 Å². The van der Waals surface area contributed by atoms with Gasteiger partial charge in [0.15, 0.2) is 0 Å². The molecule has 4 nitrogen and oxygen atoms in total. The van der Waals surface area contributed by atoms with Crippen molar-refractivity contribution in [1.82, 2.24) is 4.90 Å². The van der Waals surface area contributed by atoms with E-state index in [0.717, 1.165) is 5.56 Å². The summed E-state index contributed by atoms with van der Waals surface area (Å²) in [6.45, 7) is 2.23. The normalized spacial score (nSPS) is 17.5. The standard InChI is InChI=1S/C13H15NO3/c15-10-12(11-4-2-1-3-5-11)13(16)14-6-8-17-9-7-14/h1-5,10,12H,6-9H2. The van der Waals surface area contributed by atoms with Crippen molar-refractivity contribution in [2.75, 3.05) is 26.3 Å². The van der Waals surface area contributed by atoms with Crippen LogP contribution in [-0.2, 0) is 14.3 Å². The van der Waals surface area contributed by atoms with E-state index in [1.54, 1.807) is 17.0 Å². The van der Waals surface area contributed by atoms with Gasteiger partial charge < -0.3 is 14.4 Å². The number of amides is 1. The smallest absolute Gasteiger partial charge is 0.237 e. The zero-order valence-corrected chi connectivity index (χ0v) is 9.54. The molecular formula is C13H15NO3. The van der Waals surface area contributed by atoms with Crippen LogP contribution in [0.3, 0.4) is 0 Å². The van der Waals surface area contributed by atoms with Gasteiger partial charge in [-0.1, -0.05) is 30.3 Å². The van der Waals surface area contributed by atoms with Gasteiger partial charge in [0.25, 0.3) is 0 Å². The number of nitrogens with zero attached hydrogens (tertiary/aromatic N) is 1. The topological polar surface area (TPSA) is 46.6 Å². The Bertz CT molecular complexity index is 385. The lowest BCUT2D eigenvalue weighted by Gasteiger charge is -2.28. The van der Waals surface area contributed by atoms with Crippen LogP contribution in [0.4, 0.5) is 0 Å². The van der Waals surface area contributed by atoms with Crippen molar-refractivity contribution in [2.24, 2.45) is 0 Å². The second kappa shape index (κ2) is 5.59. The first-order valence-electron chi connectivity index (χ1n) is 5.69. The minimum Gasteiger partial charge on any atom is -0.378 e. The first kappa shape index (κ1) is 11.8. The Morgan fingerprint density at radius 2 is 1.88 bits per heavy atom. The van der Waals surface area contributed by atoms with Crippen molar-refractivity contribution in [3.8, 4) is 0 Å². The predicted octanol–water partition coefficient (Wildman–Crippen LogP) is 0.828. The Morgan fingerprint density at radius 3 is 2.47 bits per heavy atom. The highest BCUT2D eigenvalue weighted by molar-refractivity contribution is 5.97. The van der Waals surface area contributed by atoms with Gasteiger partial charge in [-0.2, -0.15) is 0 Å². The summed E-state index contributed by atoms with van der Waals surface area (Å²) in [5.41, 5.74) is 0.749. The minimum absolute atomic E-state index is 0.130. The van der Waals surface area contributed by atoms with E-state index in [2.05, 4.69) is 0 Å². The summed E-state index contributed by atoms with van der Waals surface area (Å²) < 4.78 is 5.19. The summed E-state index contributed by atoms with van der Waals surface area (Å²) in [5.74, 6) is -0.816. The highest BCUT2D eigenvalue weighted by atomic mass is 16.5. The number of hydrogen-bond acceptors (Lipinski definition) is 3. The summed E-state index contributed by atoms with van der Waals surface area (Å²) in [4.78, 5) is 25.0. The number of rotatable bonds is 3. The molecule has 1 saturated heterocycles. The molecule has 1 heterocycles. The Balaban J connectivity index is 2.12. The van der Waals surface area contributed by atoms with Crippen LogP contribution in [0, 0.1) is 0 Å². The number of morpholine rings is 1. The van der Waals surface area contributed by atoms with Crippen LogP contribution in [0.15, 0.2) is 30.3 Å². The van der Waals surface area contributed by atoms with E-state index in [1.807, 2.05) is 18.2 Å². The molecule has 4 heteroatoms. The summed E-state index contributed by atoms with van der Waals surface area (Å²) >= 11 is 0. The predicted molar refractivity (Wildman–Crippen MR) is 62.6 cm³/mol. The molecule has 1 aliphatic heterocycles. The Morgan fingerprint density at radius 1 is 1.24 bits per heavy atom. The molecule has 2 rings (SSSR count). The van der Waals surface area contributed by atoms with Crippen molar-refractivity contribution < 1.29 is 14.3 Å². The zero-order valence-electron chi connectivity index (χ0n) is 9.54. The van der Waals surface area contributed by atoms with Crippen molar-refractivity contribution in [2.45, 2.75) is 5.92 Å². The molecule has 0 aromatic heterocycles. The lowest BCUT2D eigenvalue weighted by Crippen LogP contribution is -2.43. The first-order chi connectivity index (χ1) is 8.33. The van der Waals surface area contributed by atoms with Crippen LogP contribution in [0.5, 0.6) is 0 Å². The molecule has 1 aromatic rings. The molecule has 1 fully saturated rings. The van der Waals surface area contributed by atoms with Crippen LogP contribution in [-0.4, -0.2) is 43.4 Å². The van der Waals surface area contributed by atoms with Gasteiger partial charge in [-0.05, 0) is 5.56 Å². The zero-order chi connectivity index (χ0) is 12.1. The second-order valence-corrected chi connectivity index (χ2v) is 3.96. The fourth-order valence-corrected chi connectivity index (χ4v) is 1.92. The molecule has 1 aromatic carbocycles. The van der Waals surface area contributed by atoms with Gasteiger partial charge in [-0.3, -0.25) is 4.79 Å². The largest absolute Gasteiger partial charge is 0.378 e. The third kappa shape index (κ3) is 2.71. The van der Waals surface area contributed by atoms with E-state index >= 15 is 0 Å². The van der Waals surface area contributed by atoms with Gasteiger partial charge >= 0.3 is 0 Å². The van der Waals surface area contributed by atoms with Crippen LogP contribution in [0.1, 0.15) is 11.5 Å². The molecule has 0 aliphatic carbocycles. The van der Waals surface area contributed by atoms with E-state index in [4.69, 9.17) is 4.74 Å². The van der Waals surface area contributed by atoms with Crippen LogP contribution < -0.4 is 0 Å². The Labute approximate surface area is 100 Å². The number of carbonyl (C=O) groups is 2. The van der Waals surface area contributed by atoms with Gasteiger partial charge in [-0.25, -0.2) is 0 Å². The van der Waals surface area contributed by atoms with Crippen LogP contribution >= 0.6 is 0 Å². The van der Waals surface area contributed by atoms with Gasteiger partial charge in [0.05, 0.1) is 13.2 Å². The summed E-state index contributed by atoms with van der Waals surface area (Å²) in [5, 5.41) is 0. The highest BCUT2D eigenvalue weighted by Gasteiger charge is 2.26. The summed E-state index contributed by atoms with van der Waals surface area (Å²) in [6, 6.07) is 9.14. The van der Waals surface area contributed by atoms with Crippen LogP contribution in [0.25, 0.3) is 0 Å². The van der Waals surface area contributed by atoms with Crippen molar-refractivity contribution >= 4 is 12.2 Å². The van der Waals surface area contributed by atoms with Crippen molar-refractivity contribution in [1.29, 1.82) is 0 Å². The molecule has 90 valence electrons. The second-order valence-electron chi connectivity index (χ2n) is 3.96. The van der Waals surface area contributed by atoms with E-state index < -0.39 is 5.92 Å². The fraction of sp³-hybridized carbons (Fsp3) is 0.385. The molecule has 1 aliphatic rings. The Hall–Kier alpha value is -1.68. The van der Waals surface area contributed by atoms with Gasteiger partial charge in [0.2, 0.25) is 5.91 Å². The van der Waals surface area contributed by atoms with E-state index in [-0.39, 0.29) is 5.91 Å². The molecule has 1 atom stereocenters. The number of benzene rings is 1. The molecule has 0 spiro atoms. The summed E-state index contributed by atoms with van der Waals surface area (Å²) in [7, 11) is 0. The maximum absolute atomic E-state index is 12.2. The average Bonchev–Trinajstić information content (AvgIpc) is 2.42. The summed E-state index contributed by atoms with van der Waals surface area (Å²) in [6.07, 6.45) is 0.715. The average molecular weight is 233 g/mol. The molecule has 1 amide bonds. The molecule has 0 N–H and O–H groups in total. The van der Waals surface area contributed by atoms with E-state index in [0.29, 0.717) is 32.6 Å². The Kier molecular flexibility index (Phi) is 3.88. The number of aldehydes is 1. The van der Waals surface area contributed by atoms with Gasteiger partial charge in [-0.15, -0.1) is 0 Å². The fourth-order valence-electron chi connectivity index (χ4n) is 1.92. The minimum atomic E-state index is -0.686. The molecule has 1 unspecified atom stereocenters. The third-order valence-electron chi connectivity index (χ3n) is 2.88. The van der Waals surface area contributed by atoms with Crippen molar-refractivity contribution in [3.63, 3.8) is 0 Å². The van der Waals surface area contributed by atoms with Gasteiger partial charge in [0.1, 0.15) is 12.2 Å². The molecule has 17 heavy (non-hydrogen) atoms. The third-order valence-corrected chi connectivity index (χ3v) is 2.88. The number of carbonyl (C=O) groups excluding carboxylic acids is 2. The molecular weight excluding hydrogens is 218 g/mol. The molecule has 0 radical (unpaired) electrons. The van der Waals surface area contributed by atoms with Crippen LogP contribution in [0.2, 0.25) is 0 Å². The maximum Gasteiger partial charge on any atom is 0.237 e.